The van der Waals surface area contributed by atoms with Gasteiger partial charge in [0.1, 0.15) is 5.75 Å². The molecule has 0 aromatic heterocycles. The summed E-state index contributed by atoms with van der Waals surface area (Å²) in [6.45, 7) is 2.98. The molecule has 1 atom stereocenters. The van der Waals surface area contributed by atoms with Gasteiger partial charge in [0.2, 0.25) is 0 Å². The quantitative estimate of drug-likeness (QED) is 0.702. The highest BCUT2D eigenvalue weighted by Gasteiger charge is 2.13. The van der Waals surface area contributed by atoms with Gasteiger partial charge in [-0.1, -0.05) is 42.8 Å². The zero-order valence-electron chi connectivity index (χ0n) is 13.5. The summed E-state index contributed by atoms with van der Waals surface area (Å²) in [5, 5.41) is 9.38. The Hall–Kier alpha value is -1.80. The molecule has 118 valence electrons. The predicted octanol–water partition coefficient (Wildman–Crippen LogP) is 4.55. The first-order valence-corrected chi connectivity index (χ1v) is 8.24. The van der Waals surface area contributed by atoms with Gasteiger partial charge in [0.25, 0.3) is 0 Å². The van der Waals surface area contributed by atoms with E-state index in [1.165, 1.54) is 29.5 Å². The van der Waals surface area contributed by atoms with Crippen LogP contribution in [0.5, 0.6) is 5.75 Å². The van der Waals surface area contributed by atoms with Crippen LogP contribution < -0.4 is 5.73 Å². The van der Waals surface area contributed by atoms with Crippen molar-refractivity contribution in [2.75, 3.05) is 6.54 Å². The van der Waals surface area contributed by atoms with Gasteiger partial charge in [0.05, 0.1) is 0 Å². The highest BCUT2D eigenvalue weighted by molar-refractivity contribution is 5.30. The molecule has 0 saturated heterocycles. The summed E-state index contributed by atoms with van der Waals surface area (Å²) in [7, 11) is 0. The monoisotopic (exact) mass is 297 g/mol. The van der Waals surface area contributed by atoms with E-state index in [0.717, 1.165) is 25.8 Å². The van der Waals surface area contributed by atoms with Crippen LogP contribution in [-0.2, 0) is 6.42 Å². The third-order valence-corrected chi connectivity index (χ3v) is 4.35. The third-order valence-electron chi connectivity index (χ3n) is 4.35. The lowest BCUT2D eigenvalue weighted by Crippen LogP contribution is -2.05. The zero-order valence-corrected chi connectivity index (χ0v) is 13.5. The van der Waals surface area contributed by atoms with Gasteiger partial charge in [-0.3, -0.25) is 0 Å². The molecule has 0 amide bonds. The SMILES string of the molecule is Cc1ccccc1C(CCCCN)CCc1ccc(O)cc1. The van der Waals surface area contributed by atoms with E-state index in [4.69, 9.17) is 5.73 Å². The van der Waals surface area contributed by atoms with Gasteiger partial charge in [-0.05, 0) is 73.9 Å². The van der Waals surface area contributed by atoms with Crippen molar-refractivity contribution >= 4 is 0 Å². The van der Waals surface area contributed by atoms with Crippen LogP contribution in [0.15, 0.2) is 48.5 Å². The smallest absolute Gasteiger partial charge is 0.115 e. The van der Waals surface area contributed by atoms with Crippen molar-refractivity contribution in [1.82, 2.24) is 0 Å². The molecule has 2 rings (SSSR count). The summed E-state index contributed by atoms with van der Waals surface area (Å²) in [5.74, 6) is 0.920. The van der Waals surface area contributed by atoms with E-state index < -0.39 is 0 Å². The summed E-state index contributed by atoms with van der Waals surface area (Å²) in [6.07, 6.45) is 5.66. The Morgan fingerprint density at radius 2 is 1.68 bits per heavy atom. The Kier molecular flexibility index (Phi) is 6.47. The molecule has 1 unspecified atom stereocenters. The van der Waals surface area contributed by atoms with Crippen molar-refractivity contribution in [3.8, 4) is 5.75 Å². The molecule has 0 fully saturated rings. The second-order valence-electron chi connectivity index (χ2n) is 6.04. The van der Waals surface area contributed by atoms with Gasteiger partial charge >= 0.3 is 0 Å². The van der Waals surface area contributed by atoms with Crippen molar-refractivity contribution in [2.45, 2.75) is 44.9 Å². The largest absolute Gasteiger partial charge is 0.508 e. The Labute approximate surface area is 134 Å². The van der Waals surface area contributed by atoms with E-state index >= 15 is 0 Å². The average molecular weight is 297 g/mol. The Balaban J connectivity index is 2.04. The maximum atomic E-state index is 9.38. The normalized spacial score (nSPS) is 12.3. The number of hydrogen-bond donors (Lipinski definition) is 2. The van der Waals surface area contributed by atoms with Gasteiger partial charge in [0, 0.05) is 0 Å². The second kappa shape index (κ2) is 8.60. The van der Waals surface area contributed by atoms with Crippen LogP contribution in [0.3, 0.4) is 0 Å². The van der Waals surface area contributed by atoms with E-state index in [9.17, 15) is 5.11 Å². The highest BCUT2D eigenvalue weighted by atomic mass is 16.3. The number of aromatic hydroxyl groups is 1. The van der Waals surface area contributed by atoms with Crippen molar-refractivity contribution in [2.24, 2.45) is 5.73 Å². The van der Waals surface area contributed by atoms with E-state index in [2.05, 4.69) is 31.2 Å². The van der Waals surface area contributed by atoms with Gasteiger partial charge in [0.15, 0.2) is 0 Å². The fraction of sp³-hybridized carbons (Fsp3) is 0.400. The van der Waals surface area contributed by atoms with Crippen molar-refractivity contribution < 1.29 is 5.11 Å². The number of benzene rings is 2. The maximum Gasteiger partial charge on any atom is 0.115 e. The molecule has 0 saturated carbocycles. The lowest BCUT2D eigenvalue weighted by molar-refractivity contribution is 0.475. The molecule has 0 spiro atoms. The predicted molar refractivity (Wildman–Crippen MR) is 93.3 cm³/mol. The van der Waals surface area contributed by atoms with E-state index in [0.29, 0.717) is 11.7 Å². The van der Waals surface area contributed by atoms with E-state index in [1.807, 2.05) is 12.1 Å². The molecule has 3 N–H and O–H groups in total. The summed E-state index contributed by atoms with van der Waals surface area (Å²) >= 11 is 0. The lowest BCUT2D eigenvalue weighted by Gasteiger charge is -2.19. The van der Waals surface area contributed by atoms with Crippen molar-refractivity contribution in [3.05, 3.63) is 65.2 Å². The molecule has 2 heteroatoms. The minimum Gasteiger partial charge on any atom is -0.508 e. The van der Waals surface area contributed by atoms with Crippen LogP contribution in [0.1, 0.15) is 48.3 Å². The first kappa shape index (κ1) is 16.6. The molecular formula is C20H27NO. The minimum atomic E-state index is 0.335. The molecule has 0 heterocycles. The number of phenols is 1. The molecule has 22 heavy (non-hydrogen) atoms. The second-order valence-corrected chi connectivity index (χ2v) is 6.04. The van der Waals surface area contributed by atoms with E-state index in [1.54, 1.807) is 12.1 Å². The number of unbranched alkanes of at least 4 members (excludes halogenated alkanes) is 1. The lowest BCUT2D eigenvalue weighted by atomic mass is 9.86. The average Bonchev–Trinajstić information content (AvgIpc) is 2.53. The molecule has 0 bridgehead atoms. The van der Waals surface area contributed by atoms with Crippen LogP contribution in [0.2, 0.25) is 0 Å². The molecule has 0 aliphatic rings. The van der Waals surface area contributed by atoms with Crippen LogP contribution in [-0.4, -0.2) is 11.7 Å². The summed E-state index contributed by atoms with van der Waals surface area (Å²) in [6, 6.07) is 16.3. The first-order chi connectivity index (χ1) is 10.7. The molecular weight excluding hydrogens is 270 g/mol. The molecule has 0 aliphatic carbocycles. The van der Waals surface area contributed by atoms with Crippen LogP contribution in [0.25, 0.3) is 0 Å². The number of aryl methyl sites for hydroxylation is 2. The van der Waals surface area contributed by atoms with Crippen molar-refractivity contribution in [3.63, 3.8) is 0 Å². The zero-order chi connectivity index (χ0) is 15.8. The fourth-order valence-electron chi connectivity index (χ4n) is 3.04. The topological polar surface area (TPSA) is 46.2 Å². The standard InChI is InChI=1S/C20H27NO/c1-16-6-2-3-8-20(16)18(7-4-5-15-21)12-9-17-10-13-19(22)14-11-17/h2-3,6,8,10-11,13-14,18,22H,4-5,7,9,12,15,21H2,1H3. The van der Waals surface area contributed by atoms with Crippen LogP contribution in [0, 0.1) is 6.92 Å². The first-order valence-electron chi connectivity index (χ1n) is 8.24. The van der Waals surface area contributed by atoms with Crippen LogP contribution >= 0.6 is 0 Å². The molecule has 0 radical (unpaired) electrons. The Bertz CT molecular complexity index is 562. The van der Waals surface area contributed by atoms with Gasteiger partial charge in [-0.15, -0.1) is 0 Å². The number of rotatable bonds is 8. The third kappa shape index (κ3) is 4.88. The molecule has 2 aromatic rings. The number of nitrogens with two attached hydrogens (primary N) is 1. The summed E-state index contributed by atoms with van der Waals surface area (Å²) < 4.78 is 0. The van der Waals surface area contributed by atoms with Gasteiger partial charge < -0.3 is 10.8 Å². The fourth-order valence-corrected chi connectivity index (χ4v) is 3.04. The number of hydrogen-bond acceptors (Lipinski definition) is 2. The number of phenolic OH excluding ortho intramolecular Hbond substituents is 1. The highest BCUT2D eigenvalue weighted by Crippen LogP contribution is 2.29. The molecule has 2 nitrogen and oxygen atoms in total. The summed E-state index contributed by atoms with van der Waals surface area (Å²) in [5.41, 5.74) is 9.78. The van der Waals surface area contributed by atoms with Crippen molar-refractivity contribution in [1.29, 1.82) is 0 Å². The minimum absolute atomic E-state index is 0.335. The molecule has 2 aromatic carbocycles. The van der Waals surface area contributed by atoms with Crippen LogP contribution in [0.4, 0.5) is 0 Å². The van der Waals surface area contributed by atoms with Gasteiger partial charge in [-0.25, -0.2) is 0 Å². The molecule has 0 aliphatic heterocycles. The Morgan fingerprint density at radius 3 is 2.36 bits per heavy atom. The van der Waals surface area contributed by atoms with Gasteiger partial charge in [-0.2, -0.15) is 0 Å². The Morgan fingerprint density at radius 1 is 0.955 bits per heavy atom. The maximum absolute atomic E-state index is 9.38. The van der Waals surface area contributed by atoms with E-state index in [-0.39, 0.29) is 0 Å². The summed E-state index contributed by atoms with van der Waals surface area (Å²) in [4.78, 5) is 0.